The van der Waals surface area contributed by atoms with E-state index in [1.165, 1.54) is 5.56 Å². The molecular weight excluding hydrogens is 366 g/mol. The van der Waals surface area contributed by atoms with Gasteiger partial charge in [0.15, 0.2) is 5.43 Å². The molecule has 0 aliphatic carbocycles. The molecule has 4 rings (SSSR count). The number of aromatic nitrogens is 1. The molecule has 6 nitrogen and oxygen atoms in total. The van der Waals surface area contributed by atoms with E-state index in [2.05, 4.69) is 27.3 Å². The monoisotopic (exact) mass is 391 g/mol. The fraction of sp³-hybridized carbons (Fsp3) is 0.304. The van der Waals surface area contributed by atoms with Gasteiger partial charge in [-0.25, -0.2) is 0 Å². The fourth-order valence-corrected chi connectivity index (χ4v) is 3.64. The number of aryl methyl sites for hydroxylation is 1. The van der Waals surface area contributed by atoms with Gasteiger partial charge in [-0.3, -0.25) is 14.5 Å². The predicted octanol–water partition coefficient (Wildman–Crippen LogP) is 2.93. The molecule has 1 atom stereocenters. The predicted molar refractivity (Wildman–Crippen MR) is 114 cm³/mol. The molecule has 29 heavy (non-hydrogen) atoms. The van der Waals surface area contributed by atoms with E-state index in [0.29, 0.717) is 24.2 Å². The van der Waals surface area contributed by atoms with Crippen LogP contribution < -0.4 is 10.7 Å². The van der Waals surface area contributed by atoms with E-state index in [1.54, 1.807) is 18.2 Å². The lowest BCUT2D eigenvalue weighted by Crippen LogP contribution is -2.47. The lowest BCUT2D eigenvalue weighted by Gasteiger charge is -2.32. The van der Waals surface area contributed by atoms with Crippen LogP contribution in [0.3, 0.4) is 0 Å². The molecule has 1 fully saturated rings. The molecule has 150 valence electrons. The maximum Gasteiger partial charge on any atom is 0.254 e. The zero-order valence-electron chi connectivity index (χ0n) is 16.5. The highest BCUT2D eigenvalue weighted by Gasteiger charge is 2.26. The Hall–Kier alpha value is -2.96. The Morgan fingerprint density at radius 1 is 1.21 bits per heavy atom. The number of aromatic amines is 1. The van der Waals surface area contributed by atoms with Crippen LogP contribution in [0.25, 0.3) is 10.9 Å². The summed E-state index contributed by atoms with van der Waals surface area (Å²) in [6, 6.07) is 17.2. The molecule has 2 N–H and O–H groups in total. The van der Waals surface area contributed by atoms with Crippen LogP contribution in [0.2, 0.25) is 0 Å². The van der Waals surface area contributed by atoms with Gasteiger partial charge in [0.1, 0.15) is 6.10 Å². The third-order valence-electron chi connectivity index (χ3n) is 5.23. The first-order chi connectivity index (χ1) is 14.1. The maximum atomic E-state index is 12.7. The summed E-state index contributed by atoms with van der Waals surface area (Å²) in [7, 11) is 0. The van der Waals surface area contributed by atoms with E-state index >= 15 is 0 Å². The number of hydrogen-bond acceptors (Lipinski definition) is 4. The molecular formula is C23H25N3O3. The largest absolute Gasteiger partial charge is 0.366 e. The number of rotatable bonds is 5. The van der Waals surface area contributed by atoms with Crippen molar-refractivity contribution < 1.29 is 9.53 Å². The molecule has 0 saturated carbocycles. The van der Waals surface area contributed by atoms with E-state index in [1.807, 2.05) is 31.2 Å². The Balaban J connectivity index is 1.44. The molecule has 0 unspecified atom stereocenters. The van der Waals surface area contributed by atoms with Crippen LogP contribution in [0.4, 0.5) is 5.69 Å². The van der Waals surface area contributed by atoms with Gasteiger partial charge in [0.2, 0.25) is 0 Å². The van der Waals surface area contributed by atoms with Crippen molar-refractivity contribution in [3.8, 4) is 0 Å². The molecule has 0 spiro atoms. The molecule has 2 aromatic carbocycles. The Bertz CT molecular complexity index is 1060. The number of hydrogen-bond donors (Lipinski definition) is 2. The van der Waals surface area contributed by atoms with Gasteiger partial charge in [-0.05, 0) is 30.2 Å². The van der Waals surface area contributed by atoms with E-state index in [4.69, 9.17) is 4.74 Å². The molecule has 3 aromatic rings. The summed E-state index contributed by atoms with van der Waals surface area (Å²) in [6.45, 7) is 4.64. The number of nitrogens with zero attached hydrogens (tertiary/aromatic N) is 1. The number of morpholine rings is 1. The van der Waals surface area contributed by atoms with E-state index < -0.39 is 6.10 Å². The van der Waals surface area contributed by atoms with Crippen molar-refractivity contribution in [3.63, 3.8) is 0 Å². The minimum Gasteiger partial charge on any atom is -0.366 e. The minimum atomic E-state index is -0.538. The van der Waals surface area contributed by atoms with Crippen molar-refractivity contribution in [2.75, 3.05) is 25.0 Å². The number of carbonyl (C=O) groups excluding carboxylic acids is 1. The standard InChI is InChI=1S/C23H25N3O3/c1-2-17-13-21(27)19-12-18(8-9-20(19)24-17)25-23(28)22-15-26(10-11-29-22)14-16-6-4-3-5-7-16/h3-9,12-13,22H,2,10-11,14-15H2,1H3,(H,24,27)(H,25,28)/t22-/m0/s1. The summed E-state index contributed by atoms with van der Waals surface area (Å²) in [5.41, 5.74) is 3.44. The van der Waals surface area contributed by atoms with Gasteiger partial charge in [0.05, 0.1) is 6.61 Å². The van der Waals surface area contributed by atoms with Gasteiger partial charge in [0, 0.05) is 48.0 Å². The Labute approximate surface area is 169 Å². The molecule has 2 heterocycles. The molecule has 6 heteroatoms. The van der Waals surface area contributed by atoms with Gasteiger partial charge >= 0.3 is 0 Å². The molecule has 1 amide bonds. The van der Waals surface area contributed by atoms with Crippen LogP contribution in [0.1, 0.15) is 18.2 Å². The van der Waals surface area contributed by atoms with Crippen LogP contribution in [-0.4, -0.2) is 41.6 Å². The molecule has 1 saturated heterocycles. The highest BCUT2D eigenvalue weighted by molar-refractivity contribution is 5.96. The Morgan fingerprint density at radius 2 is 2.03 bits per heavy atom. The normalized spacial score (nSPS) is 17.3. The van der Waals surface area contributed by atoms with E-state index in [9.17, 15) is 9.59 Å². The van der Waals surface area contributed by atoms with E-state index in [0.717, 1.165) is 30.7 Å². The SMILES string of the molecule is CCc1cc(=O)c2cc(NC(=O)[C@@H]3CN(Cc4ccccc4)CCO3)ccc2[nH]1. The lowest BCUT2D eigenvalue weighted by atomic mass is 10.1. The van der Waals surface area contributed by atoms with E-state index in [-0.39, 0.29) is 11.3 Å². The number of ether oxygens (including phenoxy) is 1. The first kappa shape index (κ1) is 19.4. The van der Waals surface area contributed by atoms with Gasteiger partial charge in [-0.2, -0.15) is 0 Å². The average Bonchev–Trinajstić information content (AvgIpc) is 2.75. The smallest absolute Gasteiger partial charge is 0.254 e. The molecule has 0 bridgehead atoms. The molecule has 1 aliphatic rings. The second-order valence-corrected chi connectivity index (χ2v) is 7.34. The maximum absolute atomic E-state index is 12.7. The summed E-state index contributed by atoms with van der Waals surface area (Å²) >= 11 is 0. The van der Waals surface area contributed by atoms with Crippen molar-refractivity contribution in [2.24, 2.45) is 0 Å². The molecule has 1 aliphatic heterocycles. The van der Waals surface area contributed by atoms with Gasteiger partial charge in [0.25, 0.3) is 5.91 Å². The van der Waals surface area contributed by atoms with Crippen LogP contribution in [-0.2, 0) is 22.5 Å². The summed E-state index contributed by atoms with van der Waals surface area (Å²) in [6.07, 6.45) is 0.228. The van der Waals surface area contributed by atoms with Crippen LogP contribution in [0, 0.1) is 0 Å². The van der Waals surface area contributed by atoms with Crippen molar-refractivity contribution in [1.82, 2.24) is 9.88 Å². The summed E-state index contributed by atoms with van der Waals surface area (Å²) in [4.78, 5) is 30.6. The quantitative estimate of drug-likeness (QED) is 0.701. The topological polar surface area (TPSA) is 74.4 Å². The number of nitrogens with one attached hydrogen (secondary N) is 2. The first-order valence-corrected chi connectivity index (χ1v) is 9.97. The summed E-state index contributed by atoms with van der Waals surface area (Å²) in [5.74, 6) is -0.191. The van der Waals surface area contributed by atoms with Gasteiger partial charge in [-0.15, -0.1) is 0 Å². The number of amides is 1. The zero-order valence-corrected chi connectivity index (χ0v) is 16.5. The minimum absolute atomic E-state index is 0.0466. The lowest BCUT2D eigenvalue weighted by molar-refractivity contribution is -0.133. The highest BCUT2D eigenvalue weighted by Crippen LogP contribution is 2.17. The third-order valence-corrected chi connectivity index (χ3v) is 5.23. The van der Waals surface area contributed by atoms with Crippen molar-refractivity contribution in [2.45, 2.75) is 26.0 Å². The van der Waals surface area contributed by atoms with Crippen LogP contribution in [0.5, 0.6) is 0 Å². The second-order valence-electron chi connectivity index (χ2n) is 7.34. The van der Waals surface area contributed by atoms with Crippen LogP contribution in [0.15, 0.2) is 59.4 Å². The molecule has 0 radical (unpaired) electrons. The van der Waals surface area contributed by atoms with Crippen molar-refractivity contribution in [3.05, 3.63) is 76.1 Å². The number of pyridine rings is 1. The van der Waals surface area contributed by atoms with Gasteiger partial charge < -0.3 is 15.0 Å². The number of fused-ring (bicyclic) bond motifs is 1. The molecule has 1 aromatic heterocycles. The summed E-state index contributed by atoms with van der Waals surface area (Å²) < 4.78 is 5.70. The summed E-state index contributed by atoms with van der Waals surface area (Å²) in [5, 5.41) is 3.47. The Morgan fingerprint density at radius 3 is 2.83 bits per heavy atom. The highest BCUT2D eigenvalue weighted by atomic mass is 16.5. The van der Waals surface area contributed by atoms with Crippen molar-refractivity contribution in [1.29, 1.82) is 0 Å². The number of carbonyl (C=O) groups is 1. The number of anilines is 1. The zero-order chi connectivity index (χ0) is 20.2. The Kier molecular flexibility index (Phi) is 5.74. The fourth-order valence-electron chi connectivity index (χ4n) is 3.64. The van der Waals surface area contributed by atoms with Gasteiger partial charge in [-0.1, -0.05) is 37.3 Å². The number of H-pyrrole nitrogens is 1. The van der Waals surface area contributed by atoms with Crippen molar-refractivity contribution >= 4 is 22.5 Å². The first-order valence-electron chi connectivity index (χ1n) is 9.97. The second kappa shape index (κ2) is 8.59. The number of benzene rings is 2. The van der Waals surface area contributed by atoms with Crippen LogP contribution >= 0.6 is 0 Å². The third kappa shape index (κ3) is 4.55. The average molecular weight is 391 g/mol.